The van der Waals surface area contributed by atoms with E-state index in [9.17, 15) is 4.79 Å². The maximum absolute atomic E-state index is 11.1. The van der Waals surface area contributed by atoms with Crippen LogP contribution >= 0.6 is 11.8 Å². The average molecular weight is 388 g/mol. The molecule has 0 aromatic heterocycles. The first kappa shape index (κ1) is 22.0. The van der Waals surface area contributed by atoms with Crippen molar-refractivity contribution in [3.05, 3.63) is 0 Å². The number of hydrogen-bond donors (Lipinski definition) is 2. The summed E-state index contributed by atoms with van der Waals surface area (Å²) in [5, 5.41) is 9.06. The van der Waals surface area contributed by atoms with E-state index in [0.29, 0.717) is 35.7 Å². The highest BCUT2D eigenvalue weighted by Crippen LogP contribution is 2.45. The first-order chi connectivity index (χ1) is 12.7. The van der Waals surface area contributed by atoms with Gasteiger partial charge in [-0.25, -0.2) is 5.48 Å². The van der Waals surface area contributed by atoms with Crippen LogP contribution in [0.3, 0.4) is 0 Å². The fourth-order valence-electron chi connectivity index (χ4n) is 4.15. The van der Waals surface area contributed by atoms with E-state index in [1.165, 1.54) is 38.5 Å². The molecule has 5 nitrogen and oxygen atoms in total. The molecule has 2 saturated heterocycles. The van der Waals surface area contributed by atoms with Gasteiger partial charge < -0.3 is 9.47 Å². The zero-order chi connectivity index (χ0) is 18.8. The molecule has 0 aliphatic carbocycles. The van der Waals surface area contributed by atoms with Crippen molar-refractivity contribution in [2.24, 2.45) is 11.8 Å². The minimum absolute atomic E-state index is 0.292. The number of unbranched alkanes of at least 4 members (excludes halogenated alkanes) is 3. The van der Waals surface area contributed by atoms with E-state index in [2.05, 4.69) is 13.8 Å². The number of carbonyl (C=O) groups excluding carboxylic acids is 1. The fraction of sp³-hybridized carbons (Fsp3) is 0.950. The van der Waals surface area contributed by atoms with Crippen LogP contribution in [0.25, 0.3) is 0 Å². The van der Waals surface area contributed by atoms with Crippen LogP contribution in [0, 0.1) is 11.8 Å². The lowest BCUT2D eigenvalue weighted by Gasteiger charge is -2.28. The monoisotopic (exact) mass is 387 g/mol. The molecule has 2 bridgehead atoms. The van der Waals surface area contributed by atoms with E-state index in [4.69, 9.17) is 14.7 Å². The number of carbonyl (C=O) groups is 1. The van der Waals surface area contributed by atoms with Crippen LogP contribution in [0.1, 0.15) is 71.6 Å². The number of ether oxygens (including phenoxy) is 2. The van der Waals surface area contributed by atoms with Gasteiger partial charge in [0.25, 0.3) is 0 Å². The third kappa shape index (κ3) is 7.02. The zero-order valence-corrected chi connectivity index (χ0v) is 17.3. The third-order valence-corrected chi connectivity index (χ3v) is 7.14. The van der Waals surface area contributed by atoms with Gasteiger partial charge in [0, 0.05) is 30.1 Å². The number of fused-ring (bicyclic) bond motifs is 2. The molecule has 2 fully saturated rings. The summed E-state index contributed by atoms with van der Waals surface area (Å²) < 4.78 is 12.2. The highest BCUT2D eigenvalue weighted by atomic mass is 32.2. The normalized spacial score (nSPS) is 28.4. The lowest BCUT2D eigenvalue weighted by Crippen LogP contribution is -2.33. The van der Waals surface area contributed by atoms with Crippen LogP contribution in [-0.2, 0) is 14.3 Å². The molecular formula is C20H37NO4S. The van der Waals surface area contributed by atoms with Gasteiger partial charge in [-0.3, -0.25) is 10.0 Å². The van der Waals surface area contributed by atoms with Crippen LogP contribution in [-0.4, -0.2) is 47.5 Å². The van der Waals surface area contributed by atoms with Gasteiger partial charge in [0.05, 0.1) is 18.8 Å². The van der Waals surface area contributed by atoms with Crippen LogP contribution < -0.4 is 5.48 Å². The number of nitrogens with one attached hydrogen (secondary N) is 1. The number of rotatable bonds is 14. The summed E-state index contributed by atoms with van der Waals surface area (Å²) in [6, 6.07) is 0. The Hall–Kier alpha value is -0.300. The quantitative estimate of drug-likeness (QED) is 0.266. The minimum atomic E-state index is -0.292. The standard InChI is InChI=1S/C20H37NO4S/c1-3-4-5-6-12-24-13-16-17(19-11-10-18(16)25-19)14-26-15(2)8-7-9-20(22)21-23/h15-19,23H,3-14H2,1-2H3,(H,21,22). The highest BCUT2D eigenvalue weighted by molar-refractivity contribution is 7.99. The Labute approximate surface area is 162 Å². The largest absolute Gasteiger partial charge is 0.381 e. The van der Waals surface area contributed by atoms with Gasteiger partial charge in [-0.2, -0.15) is 11.8 Å². The van der Waals surface area contributed by atoms with Crippen molar-refractivity contribution in [1.29, 1.82) is 0 Å². The average Bonchev–Trinajstić information content (AvgIpc) is 3.24. The molecule has 0 radical (unpaired) electrons. The Morgan fingerprint density at radius 3 is 2.73 bits per heavy atom. The molecule has 5 unspecified atom stereocenters. The molecule has 2 heterocycles. The van der Waals surface area contributed by atoms with Crippen LogP contribution in [0.5, 0.6) is 0 Å². The highest BCUT2D eigenvalue weighted by Gasteiger charge is 2.48. The third-order valence-electron chi connectivity index (χ3n) is 5.76. The number of amides is 1. The first-order valence-electron chi connectivity index (χ1n) is 10.4. The maximum Gasteiger partial charge on any atom is 0.243 e. The molecule has 26 heavy (non-hydrogen) atoms. The number of thioether (sulfide) groups is 1. The van der Waals surface area contributed by atoms with Crippen molar-refractivity contribution >= 4 is 17.7 Å². The van der Waals surface area contributed by atoms with Gasteiger partial charge in [0.1, 0.15) is 0 Å². The van der Waals surface area contributed by atoms with Crippen molar-refractivity contribution < 1.29 is 19.5 Å². The summed E-state index contributed by atoms with van der Waals surface area (Å²) in [5.74, 6) is 2.00. The van der Waals surface area contributed by atoms with Gasteiger partial charge in [-0.05, 0) is 37.9 Å². The summed E-state index contributed by atoms with van der Waals surface area (Å²) in [5.41, 5.74) is 1.70. The molecule has 0 aromatic carbocycles. The topological polar surface area (TPSA) is 67.8 Å². The second kappa shape index (κ2) is 12.2. The summed E-state index contributed by atoms with van der Waals surface area (Å²) >= 11 is 2.00. The molecule has 5 atom stereocenters. The fourth-order valence-corrected chi connectivity index (χ4v) is 5.49. The molecule has 0 saturated carbocycles. The molecule has 0 aromatic rings. The van der Waals surface area contributed by atoms with Gasteiger partial charge in [0.2, 0.25) is 5.91 Å². The van der Waals surface area contributed by atoms with E-state index in [1.54, 1.807) is 5.48 Å². The lowest BCUT2D eigenvalue weighted by atomic mass is 9.81. The molecule has 2 rings (SSSR count). The van der Waals surface area contributed by atoms with Gasteiger partial charge >= 0.3 is 0 Å². The predicted molar refractivity (Wildman–Crippen MR) is 106 cm³/mol. The van der Waals surface area contributed by atoms with Crippen molar-refractivity contribution in [2.45, 2.75) is 89.1 Å². The molecule has 2 aliphatic rings. The summed E-state index contributed by atoms with van der Waals surface area (Å²) in [4.78, 5) is 11.1. The van der Waals surface area contributed by atoms with E-state index >= 15 is 0 Å². The van der Waals surface area contributed by atoms with Crippen molar-refractivity contribution in [3.8, 4) is 0 Å². The molecule has 152 valence electrons. The molecule has 6 heteroatoms. The smallest absolute Gasteiger partial charge is 0.243 e. The predicted octanol–water partition coefficient (Wildman–Crippen LogP) is 4.17. The van der Waals surface area contributed by atoms with Crippen LogP contribution in [0.2, 0.25) is 0 Å². The number of hydrogen-bond acceptors (Lipinski definition) is 5. The lowest BCUT2D eigenvalue weighted by molar-refractivity contribution is -0.129. The Bertz CT molecular complexity index is 409. The van der Waals surface area contributed by atoms with E-state index in [0.717, 1.165) is 31.8 Å². The Morgan fingerprint density at radius 2 is 2.00 bits per heavy atom. The first-order valence-corrected chi connectivity index (χ1v) is 11.5. The summed E-state index contributed by atoms with van der Waals surface area (Å²) in [6.45, 7) is 6.20. The van der Waals surface area contributed by atoms with Crippen molar-refractivity contribution in [1.82, 2.24) is 5.48 Å². The molecule has 0 spiro atoms. The minimum Gasteiger partial charge on any atom is -0.381 e. The summed E-state index contributed by atoms with van der Waals surface area (Å²) in [7, 11) is 0. The van der Waals surface area contributed by atoms with Gasteiger partial charge in [-0.1, -0.05) is 33.1 Å². The molecule has 1 amide bonds. The maximum atomic E-state index is 11.1. The van der Waals surface area contributed by atoms with Crippen molar-refractivity contribution in [3.63, 3.8) is 0 Å². The second-order valence-corrected chi connectivity index (χ2v) is 9.30. The Morgan fingerprint density at radius 1 is 1.23 bits per heavy atom. The Balaban J connectivity index is 1.65. The molecule has 2 aliphatic heterocycles. The molecular weight excluding hydrogens is 350 g/mol. The SMILES string of the molecule is CCCCCCOCC1C2CCC(O2)C1CSC(C)CCCC(=O)NO. The number of hydroxylamine groups is 1. The summed E-state index contributed by atoms with van der Waals surface area (Å²) in [6.07, 6.45) is 10.5. The van der Waals surface area contributed by atoms with Gasteiger partial charge in [0.15, 0.2) is 0 Å². The van der Waals surface area contributed by atoms with Crippen LogP contribution in [0.4, 0.5) is 0 Å². The van der Waals surface area contributed by atoms with Crippen molar-refractivity contribution in [2.75, 3.05) is 19.0 Å². The van der Waals surface area contributed by atoms with E-state index in [1.807, 2.05) is 11.8 Å². The van der Waals surface area contributed by atoms with E-state index in [-0.39, 0.29) is 5.91 Å². The van der Waals surface area contributed by atoms with Gasteiger partial charge in [-0.15, -0.1) is 0 Å². The van der Waals surface area contributed by atoms with Crippen LogP contribution in [0.15, 0.2) is 0 Å². The van der Waals surface area contributed by atoms with E-state index < -0.39 is 0 Å². The Kier molecular flexibility index (Phi) is 10.3. The molecule has 2 N–H and O–H groups in total. The zero-order valence-electron chi connectivity index (χ0n) is 16.5. The second-order valence-electron chi connectivity index (χ2n) is 7.82.